The minimum Gasteiger partial charge on any atom is -0.494 e. The lowest BCUT2D eigenvalue weighted by molar-refractivity contribution is -0.119. The number of hydrogen-bond acceptors (Lipinski definition) is 5. The molecule has 0 spiro atoms. The number of carbonyl (C=O) groups excluding carboxylic acids is 2. The number of esters is 1. The number of nitrogens with one attached hydrogen (secondary N) is 1. The number of benzene rings is 3. The third-order valence-corrected chi connectivity index (χ3v) is 4.12. The van der Waals surface area contributed by atoms with Crippen molar-refractivity contribution in [2.45, 2.75) is 13.5 Å². The van der Waals surface area contributed by atoms with Crippen LogP contribution >= 0.6 is 0 Å². The summed E-state index contributed by atoms with van der Waals surface area (Å²) in [4.78, 5) is 24.1. The molecular formula is C24H23NO5. The molecule has 3 aromatic carbocycles. The minimum absolute atomic E-state index is 0.343. The van der Waals surface area contributed by atoms with Crippen molar-refractivity contribution in [2.24, 2.45) is 0 Å². The molecule has 0 bridgehead atoms. The van der Waals surface area contributed by atoms with Crippen LogP contribution in [0.1, 0.15) is 22.8 Å². The maximum Gasteiger partial charge on any atom is 0.338 e. The van der Waals surface area contributed by atoms with Crippen molar-refractivity contribution in [1.29, 1.82) is 0 Å². The summed E-state index contributed by atoms with van der Waals surface area (Å²) in [5, 5.41) is 2.67. The van der Waals surface area contributed by atoms with Gasteiger partial charge in [-0.1, -0.05) is 30.3 Å². The predicted octanol–water partition coefficient (Wildman–Crippen LogP) is 4.46. The molecule has 1 amide bonds. The molecule has 6 heteroatoms. The van der Waals surface area contributed by atoms with E-state index in [1.54, 1.807) is 48.5 Å². The zero-order chi connectivity index (χ0) is 21.2. The number of hydrogen-bond donors (Lipinski definition) is 1. The van der Waals surface area contributed by atoms with E-state index >= 15 is 0 Å². The van der Waals surface area contributed by atoms with Crippen molar-refractivity contribution >= 4 is 17.6 Å². The molecule has 0 aliphatic carbocycles. The molecule has 0 unspecified atom stereocenters. The van der Waals surface area contributed by atoms with Crippen LogP contribution in [0.25, 0.3) is 0 Å². The molecule has 154 valence electrons. The normalized spacial score (nSPS) is 10.2. The van der Waals surface area contributed by atoms with Gasteiger partial charge in [0.1, 0.15) is 18.1 Å². The SMILES string of the molecule is CCOc1ccc(NC(=O)COC(=O)c2ccc(OCc3ccccc3)cc2)cc1. The monoisotopic (exact) mass is 405 g/mol. The van der Waals surface area contributed by atoms with Crippen LogP contribution in [-0.4, -0.2) is 25.1 Å². The molecule has 3 aromatic rings. The first-order chi connectivity index (χ1) is 14.6. The van der Waals surface area contributed by atoms with Gasteiger partial charge in [-0.15, -0.1) is 0 Å². The number of rotatable bonds is 9. The molecule has 0 aliphatic heterocycles. The molecule has 0 radical (unpaired) electrons. The Hall–Kier alpha value is -3.80. The quantitative estimate of drug-likeness (QED) is 0.532. The van der Waals surface area contributed by atoms with E-state index in [2.05, 4.69) is 5.32 Å². The molecule has 0 atom stereocenters. The van der Waals surface area contributed by atoms with Crippen LogP contribution in [0, 0.1) is 0 Å². The van der Waals surface area contributed by atoms with Crippen molar-refractivity contribution in [1.82, 2.24) is 0 Å². The van der Waals surface area contributed by atoms with Gasteiger partial charge < -0.3 is 19.5 Å². The average Bonchev–Trinajstić information content (AvgIpc) is 2.78. The Bertz CT molecular complexity index is 953. The molecule has 0 fully saturated rings. The summed E-state index contributed by atoms with van der Waals surface area (Å²) < 4.78 is 16.1. The van der Waals surface area contributed by atoms with Crippen molar-refractivity contribution in [3.8, 4) is 11.5 Å². The zero-order valence-corrected chi connectivity index (χ0v) is 16.7. The van der Waals surface area contributed by atoms with E-state index in [9.17, 15) is 9.59 Å². The van der Waals surface area contributed by atoms with Crippen LogP contribution in [0.3, 0.4) is 0 Å². The third kappa shape index (κ3) is 6.38. The van der Waals surface area contributed by atoms with E-state index in [0.717, 1.165) is 11.3 Å². The van der Waals surface area contributed by atoms with Gasteiger partial charge in [0.15, 0.2) is 6.61 Å². The minimum atomic E-state index is -0.577. The van der Waals surface area contributed by atoms with Crippen molar-refractivity contribution in [2.75, 3.05) is 18.5 Å². The summed E-state index contributed by atoms with van der Waals surface area (Å²) in [6.07, 6.45) is 0. The van der Waals surface area contributed by atoms with Gasteiger partial charge in [0, 0.05) is 5.69 Å². The summed E-state index contributed by atoms with van der Waals surface area (Å²) in [5.74, 6) is 0.364. The Labute approximate surface area is 175 Å². The van der Waals surface area contributed by atoms with Gasteiger partial charge in [-0.2, -0.15) is 0 Å². The molecule has 1 N–H and O–H groups in total. The van der Waals surface area contributed by atoms with E-state index in [-0.39, 0.29) is 6.61 Å². The molecule has 6 nitrogen and oxygen atoms in total. The first kappa shape index (κ1) is 20.9. The molecule has 0 aliphatic rings. The number of amides is 1. The van der Waals surface area contributed by atoms with E-state index in [4.69, 9.17) is 14.2 Å². The fraction of sp³-hybridized carbons (Fsp3) is 0.167. The van der Waals surface area contributed by atoms with Gasteiger partial charge in [0.05, 0.1) is 12.2 Å². The van der Waals surface area contributed by atoms with Crippen molar-refractivity contribution < 1.29 is 23.8 Å². The Kier molecular flexibility index (Phi) is 7.44. The highest BCUT2D eigenvalue weighted by molar-refractivity contribution is 5.95. The molecule has 0 heterocycles. The summed E-state index contributed by atoms with van der Waals surface area (Å²) in [7, 11) is 0. The molecule has 0 saturated carbocycles. The lowest BCUT2D eigenvalue weighted by Crippen LogP contribution is -2.20. The second-order valence-electron chi connectivity index (χ2n) is 6.38. The Morgan fingerprint density at radius 2 is 1.43 bits per heavy atom. The smallest absolute Gasteiger partial charge is 0.338 e. The highest BCUT2D eigenvalue weighted by Gasteiger charge is 2.11. The van der Waals surface area contributed by atoms with E-state index in [1.165, 1.54) is 0 Å². The van der Waals surface area contributed by atoms with Crippen LogP contribution in [0.15, 0.2) is 78.9 Å². The standard InChI is InChI=1S/C24H23NO5/c1-2-28-21-14-10-20(11-15-21)25-23(26)17-30-24(27)19-8-12-22(13-9-19)29-16-18-6-4-3-5-7-18/h3-15H,2,16-17H2,1H3,(H,25,26). The number of anilines is 1. The molecule has 0 saturated heterocycles. The Balaban J connectivity index is 1.44. The molecular weight excluding hydrogens is 382 g/mol. The van der Waals surface area contributed by atoms with Gasteiger partial charge in [-0.3, -0.25) is 4.79 Å². The molecule has 0 aromatic heterocycles. The number of ether oxygens (including phenoxy) is 3. The van der Waals surface area contributed by atoms with Crippen LogP contribution in [0.5, 0.6) is 11.5 Å². The molecule has 30 heavy (non-hydrogen) atoms. The fourth-order valence-electron chi connectivity index (χ4n) is 2.64. The first-order valence-electron chi connectivity index (χ1n) is 9.60. The first-order valence-corrected chi connectivity index (χ1v) is 9.60. The predicted molar refractivity (Wildman–Crippen MR) is 114 cm³/mol. The maximum absolute atomic E-state index is 12.1. The summed E-state index contributed by atoms with van der Waals surface area (Å²) in [6.45, 7) is 2.53. The highest BCUT2D eigenvalue weighted by atomic mass is 16.5. The van der Waals surface area contributed by atoms with Crippen molar-refractivity contribution in [3.63, 3.8) is 0 Å². The highest BCUT2D eigenvalue weighted by Crippen LogP contribution is 2.16. The summed E-state index contributed by atoms with van der Waals surface area (Å²) in [5.41, 5.74) is 2.00. The van der Waals surface area contributed by atoms with Gasteiger partial charge >= 0.3 is 5.97 Å². The van der Waals surface area contributed by atoms with E-state index < -0.39 is 11.9 Å². The summed E-state index contributed by atoms with van der Waals surface area (Å²) in [6, 6.07) is 23.3. The fourth-order valence-corrected chi connectivity index (χ4v) is 2.64. The largest absolute Gasteiger partial charge is 0.494 e. The Morgan fingerprint density at radius 3 is 2.10 bits per heavy atom. The van der Waals surface area contributed by atoms with E-state index in [0.29, 0.717) is 30.2 Å². The zero-order valence-electron chi connectivity index (χ0n) is 16.7. The maximum atomic E-state index is 12.1. The van der Waals surface area contributed by atoms with Crippen molar-refractivity contribution in [3.05, 3.63) is 90.0 Å². The third-order valence-electron chi connectivity index (χ3n) is 4.12. The average molecular weight is 405 g/mol. The van der Waals surface area contributed by atoms with Gasteiger partial charge in [0.2, 0.25) is 0 Å². The lowest BCUT2D eigenvalue weighted by atomic mass is 10.2. The second kappa shape index (κ2) is 10.7. The van der Waals surface area contributed by atoms with Gasteiger partial charge in [-0.05, 0) is 61.0 Å². The van der Waals surface area contributed by atoms with Gasteiger partial charge in [0.25, 0.3) is 5.91 Å². The van der Waals surface area contributed by atoms with Crippen LogP contribution < -0.4 is 14.8 Å². The molecule has 3 rings (SSSR count). The summed E-state index contributed by atoms with van der Waals surface area (Å²) >= 11 is 0. The lowest BCUT2D eigenvalue weighted by Gasteiger charge is -2.09. The topological polar surface area (TPSA) is 73.9 Å². The van der Waals surface area contributed by atoms with Crippen LogP contribution in [0.2, 0.25) is 0 Å². The number of carbonyl (C=O) groups is 2. The van der Waals surface area contributed by atoms with Gasteiger partial charge in [-0.25, -0.2) is 4.79 Å². The van der Waals surface area contributed by atoms with Crippen LogP contribution in [-0.2, 0) is 16.1 Å². The Morgan fingerprint density at radius 1 is 0.800 bits per heavy atom. The van der Waals surface area contributed by atoms with E-state index in [1.807, 2.05) is 37.3 Å². The van der Waals surface area contributed by atoms with Crippen LogP contribution in [0.4, 0.5) is 5.69 Å². The second-order valence-corrected chi connectivity index (χ2v) is 6.38.